The van der Waals surface area contributed by atoms with E-state index in [1.54, 1.807) is 14.0 Å². The average molecular weight is 421 g/mol. The minimum Gasteiger partial charge on any atom is -0.497 e. The second kappa shape index (κ2) is 8.51. The fourth-order valence-corrected chi connectivity index (χ4v) is 5.18. The summed E-state index contributed by atoms with van der Waals surface area (Å²) < 4.78 is 46.2. The molecular weight excluding hydrogens is 395 g/mol. The summed E-state index contributed by atoms with van der Waals surface area (Å²) in [5.41, 5.74) is 0.0256. The maximum absolute atomic E-state index is 14.1. The first kappa shape index (κ1) is 21.3. The number of halogens is 1. The average Bonchev–Trinajstić information content (AvgIpc) is 2.72. The molecule has 29 heavy (non-hydrogen) atoms. The largest absolute Gasteiger partial charge is 0.497 e. The molecule has 2 aromatic carbocycles. The molecule has 0 aliphatic carbocycles. The predicted molar refractivity (Wildman–Crippen MR) is 107 cm³/mol. The van der Waals surface area contributed by atoms with Crippen LogP contribution in [-0.4, -0.2) is 38.8 Å². The van der Waals surface area contributed by atoms with Gasteiger partial charge < -0.3 is 10.1 Å². The fourth-order valence-electron chi connectivity index (χ4n) is 3.52. The van der Waals surface area contributed by atoms with Gasteiger partial charge in [-0.1, -0.05) is 24.3 Å². The summed E-state index contributed by atoms with van der Waals surface area (Å²) in [6.07, 6.45) is 1.09. The lowest BCUT2D eigenvalue weighted by Gasteiger charge is -2.38. The van der Waals surface area contributed by atoms with Crippen LogP contribution in [-0.2, 0) is 21.4 Å². The second-order valence-electron chi connectivity index (χ2n) is 7.46. The SMILES string of the molecule is COc1ccc(CNC(=O)[C@]2(C)CCCN(S(=O)(=O)c3ccccc3F)C2)cc1. The molecule has 1 atom stereocenters. The number of carbonyl (C=O) groups excluding carboxylic acids is 1. The molecule has 0 aromatic heterocycles. The number of amides is 1. The summed E-state index contributed by atoms with van der Waals surface area (Å²) >= 11 is 0. The lowest BCUT2D eigenvalue weighted by atomic mass is 9.82. The molecule has 0 saturated carbocycles. The number of nitrogens with zero attached hydrogens (tertiary/aromatic N) is 1. The lowest BCUT2D eigenvalue weighted by Crippen LogP contribution is -2.51. The van der Waals surface area contributed by atoms with Crippen LogP contribution in [0.2, 0.25) is 0 Å². The number of benzene rings is 2. The van der Waals surface area contributed by atoms with Gasteiger partial charge in [0, 0.05) is 19.6 Å². The van der Waals surface area contributed by atoms with Crippen molar-refractivity contribution in [2.24, 2.45) is 5.41 Å². The molecule has 1 N–H and O–H groups in total. The molecule has 8 heteroatoms. The Morgan fingerprint density at radius 3 is 2.55 bits per heavy atom. The molecule has 1 amide bonds. The van der Waals surface area contributed by atoms with Crippen LogP contribution in [0.15, 0.2) is 53.4 Å². The maximum atomic E-state index is 14.1. The Morgan fingerprint density at radius 2 is 1.90 bits per heavy atom. The van der Waals surface area contributed by atoms with Crippen molar-refractivity contribution in [2.45, 2.75) is 31.2 Å². The predicted octanol–water partition coefficient (Wildman–Crippen LogP) is 2.94. The van der Waals surface area contributed by atoms with Gasteiger partial charge in [-0.2, -0.15) is 4.31 Å². The summed E-state index contributed by atoms with van der Waals surface area (Å²) in [6.45, 7) is 2.36. The third-order valence-corrected chi connectivity index (χ3v) is 7.15. The smallest absolute Gasteiger partial charge is 0.246 e. The Kier molecular flexibility index (Phi) is 6.24. The highest BCUT2D eigenvalue weighted by molar-refractivity contribution is 7.89. The number of carbonyl (C=O) groups is 1. The zero-order valence-electron chi connectivity index (χ0n) is 16.5. The van der Waals surface area contributed by atoms with E-state index in [4.69, 9.17) is 4.74 Å². The molecule has 0 unspecified atom stereocenters. The van der Waals surface area contributed by atoms with Crippen molar-refractivity contribution >= 4 is 15.9 Å². The van der Waals surface area contributed by atoms with Gasteiger partial charge in [0.15, 0.2) is 0 Å². The Labute approximate surface area is 170 Å². The summed E-state index contributed by atoms with van der Waals surface area (Å²) in [6, 6.07) is 12.6. The standard InChI is InChI=1S/C21H25FN2O4S/c1-21(20(25)23-14-16-8-10-17(28-2)11-9-16)12-5-13-24(15-21)29(26,27)19-7-4-3-6-18(19)22/h3-4,6-11H,5,12-15H2,1-2H3,(H,23,25)/t21-/m1/s1. The van der Waals surface area contributed by atoms with Gasteiger partial charge in [0.25, 0.3) is 0 Å². The summed E-state index contributed by atoms with van der Waals surface area (Å²) in [5, 5.41) is 2.89. The van der Waals surface area contributed by atoms with Crippen molar-refractivity contribution in [1.82, 2.24) is 9.62 Å². The van der Waals surface area contributed by atoms with E-state index in [0.29, 0.717) is 19.4 Å². The summed E-state index contributed by atoms with van der Waals surface area (Å²) in [4.78, 5) is 12.5. The topological polar surface area (TPSA) is 75.7 Å². The molecule has 3 rings (SSSR count). The Bertz CT molecular complexity index is 978. The van der Waals surface area contributed by atoms with E-state index in [-0.39, 0.29) is 23.9 Å². The molecule has 1 heterocycles. The number of piperidine rings is 1. The van der Waals surface area contributed by atoms with Gasteiger partial charge in [-0.3, -0.25) is 4.79 Å². The van der Waals surface area contributed by atoms with Crippen molar-refractivity contribution in [3.8, 4) is 5.75 Å². The third-order valence-electron chi connectivity index (χ3n) is 5.28. The van der Waals surface area contributed by atoms with Gasteiger partial charge in [-0.05, 0) is 49.6 Å². The number of hydrogen-bond donors (Lipinski definition) is 1. The Hall–Kier alpha value is -2.45. The third kappa shape index (κ3) is 4.59. The van der Waals surface area contributed by atoms with Crippen molar-refractivity contribution in [1.29, 1.82) is 0 Å². The highest BCUT2D eigenvalue weighted by Gasteiger charge is 2.42. The van der Waals surface area contributed by atoms with Gasteiger partial charge >= 0.3 is 0 Å². The zero-order valence-corrected chi connectivity index (χ0v) is 17.3. The normalized spacial score (nSPS) is 20.2. The quantitative estimate of drug-likeness (QED) is 0.780. The van der Waals surface area contributed by atoms with E-state index in [9.17, 15) is 17.6 Å². The Morgan fingerprint density at radius 1 is 1.21 bits per heavy atom. The van der Waals surface area contributed by atoms with Crippen LogP contribution in [0, 0.1) is 11.2 Å². The van der Waals surface area contributed by atoms with Crippen LogP contribution in [0.1, 0.15) is 25.3 Å². The first-order valence-corrected chi connectivity index (χ1v) is 10.9. The molecule has 1 aliphatic heterocycles. The molecular formula is C21H25FN2O4S. The maximum Gasteiger partial charge on any atom is 0.246 e. The molecule has 6 nitrogen and oxygen atoms in total. The van der Waals surface area contributed by atoms with E-state index in [1.807, 2.05) is 24.3 Å². The van der Waals surface area contributed by atoms with Gasteiger partial charge in [-0.15, -0.1) is 0 Å². The summed E-state index contributed by atoms with van der Waals surface area (Å²) in [7, 11) is -2.42. The molecule has 1 fully saturated rings. The number of methoxy groups -OCH3 is 1. The molecule has 156 valence electrons. The number of rotatable bonds is 6. The lowest BCUT2D eigenvalue weighted by molar-refractivity contribution is -0.132. The van der Waals surface area contributed by atoms with Crippen LogP contribution < -0.4 is 10.1 Å². The Balaban J connectivity index is 1.70. The first-order chi connectivity index (χ1) is 13.8. The van der Waals surface area contributed by atoms with E-state index >= 15 is 0 Å². The van der Waals surface area contributed by atoms with Crippen LogP contribution in [0.4, 0.5) is 4.39 Å². The molecule has 0 spiro atoms. The number of sulfonamides is 1. The van der Waals surface area contributed by atoms with Gasteiger partial charge in [0.05, 0.1) is 12.5 Å². The van der Waals surface area contributed by atoms with Crippen molar-refractivity contribution in [3.05, 3.63) is 59.9 Å². The molecule has 0 bridgehead atoms. The van der Waals surface area contributed by atoms with Crippen molar-refractivity contribution in [2.75, 3.05) is 20.2 Å². The fraction of sp³-hybridized carbons (Fsp3) is 0.381. The van der Waals surface area contributed by atoms with Crippen LogP contribution in [0.25, 0.3) is 0 Å². The van der Waals surface area contributed by atoms with Crippen LogP contribution in [0.5, 0.6) is 5.75 Å². The summed E-state index contributed by atoms with van der Waals surface area (Å²) in [5.74, 6) is -0.279. The second-order valence-corrected chi connectivity index (χ2v) is 9.37. The van der Waals surface area contributed by atoms with Crippen molar-refractivity contribution in [3.63, 3.8) is 0 Å². The number of ether oxygens (including phenoxy) is 1. The molecule has 0 radical (unpaired) electrons. The van der Waals surface area contributed by atoms with E-state index in [1.165, 1.54) is 22.5 Å². The number of nitrogens with one attached hydrogen (secondary N) is 1. The highest BCUT2D eigenvalue weighted by Crippen LogP contribution is 2.33. The van der Waals surface area contributed by atoms with Gasteiger partial charge in [0.1, 0.15) is 16.5 Å². The monoisotopic (exact) mass is 420 g/mol. The minimum atomic E-state index is -4.01. The van der Waals surface area contributed by atoms with Crippen LogP contribution >= 0.6 is 0 Å². The molecule has 2 aromatic rings. The first-order valence-electron chi connectivity index (χ1n) is 9.42. The van der Waals surface area contributed by atoms with E-state index < -0.39 is 21.3 Å². The highest BCUT2D eigenvalue weighted by atomic mass is 32.2. The van der Waals surface area contributed by atoms with E-state index in [0.717, 1.165) is 17.4 Å². The minimum absolute atomic E-state index is 0.0120. The molecule has 1 aliphatic rings. The van der Waals surface area contributed by atoms with Crippen LogP contribution in [0.3, 0.4) is 0 Å². The van der Waals surface area contributed by atoms with E-state index in [2.05, 4.69) is 5.32 Å². The molecule has 1 saturated heterocycles. The van der Waals surface area contributed by atoms with Gasteiger partial charge in [0.2, 0.25) is 15.9 Å². The zero-order chi connectivity index (χ0) is 21.1. The van der Waals surface area contributed by atoms with Gasteiger partial charge in [-0.25, -0.2) is 12.8 Å². The number of hydrogen-bond acceptors (Lipinski definition) is 4. The van der Waals surface area contributed by atoms with Crippen molar-refractivity contribution < 1.29 is 22.3 Å².